The Kier molecular flexibility index (Phi) is 5.60. The van der Waals surface area contributed by atoms with E-state index >= 15 is 0 Å². The van der Waals surface area contributed by atoms with E-state index in [0.29, 0.717) is 17.0 Å². The average Bonchev–Trinajstić information content (AvgIpc) is 3.43. The maximum absolute atomic E-state index is 13.9. The van der Waals surface area contributed by atoms with Crippen LogP contribution in [0.1, 0.15) is 121 Å². The maximum Gasteiger partial charge on any atom is 0.344 e. The Morgan fingerprint density at radius 1 is 1.05 bits per heavy atom. The summed E-state index contributed by atoms with van der Waals surface area (Å²) in [5, 5.41) is 15.0. The molecule has 8 nitrogen and oxygen atoms in total. The van der Waals surface area contributed by atoms with Crippen molar-refractivity contribution >= 4 is 38.6 Å². The largest absolute Gasteiger partial charge is 0.478 e. The molecule has 6 fully saturated rings. The predicted octanol–water partition coefficient (Wildman–Crippen LogP) is 6.75. The number of anilines is 1. The monoisotopic (exact) mass is 561 g/mol. The number of thiazole rings is 1. The van der Waals surface area contributed by atoms with Crippen molar-refractivity contribution in [3.05, 3.63) is 40.3 Å². The minimum Gasteiger partial charge on any atom is -0.478 e. The van der Waals surface area contributed by atoms with Gasteiger partial charge in [-0.05, 0) is 94.7 Å². The fourth-order valence-corrected chi connectivity index (χ4v) is 9.48. The first kappa shape index (κ1) is 24.8. The summed E-state index contributed by atoms with van der Waals surface area (Å²) in [4.78, 5) is 32.8. The highest BCUT2D eigenvalue weighted by Gasteiger charge is 2.49. The van der Waals surface area contributed by atoms with Crippen molar-refractivity contribution in [1.29, 1.82) is 0 Å². The lowest BCUT2D eigenvalue weighted by molar-refractivity contribution is 0.0195. The number of piperidine rings is 1. The van der Waals surface area contributed by atoms with Crippen molar-refractivity contribution in [2.45, 2.75) is 113 Å². The quantitative estimate of drug-likeness (QED) is 0.330. The lowest BCUT2D eigenvalue weighted by Crippen LogP contribution is -2.46. The number of carboxylic acid groups (broad SMARTS) is 1. The van der Waals surface area contributed by atoms with Crippen LogP contribution in [0.25, 0.3) is 10.2 Å². The Bertz CT molecular complexity index is 1490. The van der Waals surface area contributed by atoms with Crippen molar-refractivity contribution in [1.82, 2.24) is 10.1 Å². The fourth-order valence-electron chi connectivity index (χ4n) is 8.26. The van der Waals surface area contributed by atoms with Crippen LogP contribution >= 0.6 is 11.3 Å². The van der Waals surface area contributed by atoms with E-state index in [0.717, 1.165) is 96.1 Å². The van der Waals surface area contributed by atoms with Crippen LogP contribution in [0.2, 0.25) is 0 Å². The molecule has 1 aromatic carbocycles. The Labute approximate surface area is 237 Å². The standard InChI is InChI=1S/C31H35N3O5S/c1-16-12-19(28(35)36)13-23-25(16)32-30(40-23)34-20-4-5-21(34)15-22(14-20)38-29(37)24-26(18-2-3-18)39-33-27(24)31-9-6-17(7-10-31)8-11-31/h12-13,17-18,20-22H,2-11,14-15H2,1H3,(H,35,36)/t17?,20-,21+,22+,31?. The van der Waals surface area contributed by atoms with E-state index < -0.39 is 5.97 Å². The van der Waals surface area contributed by atoms with Gasteiger partial charge in [-0.2, -0.15) is 0 Å². The number of hydrogen-bond acceptors (Lipinski definition) is 8. The van der Waals surface area contributed by atoms with Crippen LogP contribution in [-0.2, 0) is 10.2 Å². The molecule has 210 valence electrons. The third kappa shape index (κ3) is 3.90. The summed E-state index contributed by atoms with van der Waals surface area (Å²) in [6, 6.07) is 3.94. The Morgan fingerprint density at radius 3 is 2.40 bits per heavy atom. The number of esters is 1. The van der Waals surface area contributed by atoms with E-state index in [2.05, 4.69) is 10.1 Å². The van der Waals surface area contributed by atoms with Gasteiger partial charge in [-0.3, -0.25) is 0 Å². The van der Waals surface area contributed by atoms with Gasteiger partial charge < -0.3 is 19.3 Å². The molecule has 0 spiro atoms. The van der Waals surface area contributed by atoms with Crippen molar-refractivity contribution in [3.63, 3.8) is 0 Å². The fraction of sp³-hybridized carbons (Fsp3) is 0.613. The smallest absolute Gasteiger partial charge is 0.344 e. The van der Waals surface area contributed by atoms with Crippen molar-refractivity contribution in [2.75, 3.05) is 4.90 Å². The van der Waals surface area contributed by atoms with E-state index in [9.17, 15) is 14.7 Å². The number of carbonyl (C=O) groups is 2. The van der Waals surface area contributed by atoms with Gasteiger partial charge in [0.05, 0.1) is 15.8 Å². The summed E-state index contributed by atoms with van der Waals surface area (Å²) >= 11 is 1.57. The molecule has 6 aliphatic rings. The highest BCUT2D eigenvalue weighted by Crippen LogP contribution is 2.54. The van der Waals surface area contributed by atoms with Gasteiger partial charge in [0.15, 0.2) is 10.9 Å². The number of hydrogen-bond donors (Lipinski definition) is 1. The lowest BCUT2D eigenvalue weighted by Gasteiger charge is -2.45. The van der Waals surface area contributed by atoms with Crippen molar-refractivity contribution < 1.29 is 24.0 Å². The molecule has 2 saturated heterocycles. The zero-order valence-electron chi connectivity index (χ0n) is 22.9. The third-order valence-corrected chi connectivity index (χ3v) is 11.6. The normalized spacial score (nSPS) is 31.2. The number of carboxylic acids is 1. The summed E-state index contributed by atoms with van der Waals surface area (Å²) < 4.78 is 13.1. The highest BCUT2D eigenvalue weighted by molar-refractivity contribution is 7.22. The second kappa shape index (κ2) is 9.03. The number of carbonyl (C=O) groups excluding carboxylic acids is 1. The average molecular weight is 562 g/mol. The molecule has 4 bridgehead atoms. The molecule has 1 N–H and O–H groups in total. The number of nitrogens with zero attached hydrogens (tertiary/aromatic N) is 3. The van der Waals surface area contributed by atoms with Crippen LogP contribution in [0.15, 0.2) is 16.7 Å². The number of ether oxygens (including phenoxy) is 1. The highest BCUT2D eigenvalue weighted by atomic mass is 32.1. The molecule has 3 atom stereocenters. The van der Waals surface area contributed by atoms with Gasteiger partial charge in [0.2, 0.25) is 0 Å². The molecule has 3 aromatic rings. The lowest BCUT2D eigenvalue weighted by atomic mass is 9.59. The van der Waals surface area contributed by atoms with Gasteiger partial charge in [0, 0.05) is 36.3 Å². The van der Waals surface area contributed by atoms with Gasteiger partial charge in [0.25, 0.3) is 0 Å². The van der Waals surface area contributed by atoms with E-state index in [4.69, 9.17) is 14.2 Å². The summed E-state index contributed by atoms with van der Waals surface area (Å²) in [5.74, 6) is 0.774. The molecule has 4 saturated carbocycles. The number of aromatic nitrogens is 2. The molecule has 0 unspecified atom stereocenters. The van der Waals surface area contributed by atoms with Gasteiger partial charge in [-0.1, -0.05) is 16.5 Å². The zero-order chi connectivity index (χ0) is 27.2. The Balaban J connectivity index is 1.03. The van der Waals surface area contributed by atoms with Crippen LogP contribution in [0, 0.1) is 12.8 Å². The minimum absolute atomic E-state index is 0.0202. The van der Waals surface area contributed by atoms with E-state index in [1.54, 1.807) is 23.5 Å². The zero-order valence-corrected chi connectivity index (χ0v) is 23.7. The van der Waals surface area contributed by atoms with Gasteiger partial charge in [-0.15, -0.1) is 0 Å². The van der Waals surface area contributed by atoms with Gasteiger partial charge >= 0.3 is 11.9 Å². The first-order valence-corrected chi connectivity index (χ1v) is 15.8. The van der Waals surface area contributed by atoms with Crippen molar-refractivity contribution in [2.24, 2.45) is 5.92 Å². The van der Waals surface area contributed by atoms with Crippen molar-refractivity contribution in [3.8, 4) is 0 Å². The Morgan fingerprint density at radius 2 is 1.75 bits per heavy atom. The maximum atomic E-state index is 13.9. The summed E-state index contributed by atoms with van der Waals surface area (Å²) in [7, 11) is 0. The molecule has 9 rings (SSSR count). The second-order valence-corrected chi connectivity index (χ2v) is 14.0. The number of aromatic carboxylic acids is 1. The molecule has 2 aliphatic heterocycles. The molecule has 4 heterocycles. The predicted molar refractivity (Wildman–Crippen MR) is 150 cm³/mol. The molecule has 4 aliphatic carbocycles. The van der Waals surface area contributed by atoms with Crippen LogP contribution in [-0.4, -0.2) is 45.4 Å². The SMILES string of the molecule is Cc1cc(C(=O)O)cc2sc(N3[C@@H]4CC[C@H]3C[C@@H](OC(=O)c3c(C56CCC(CC5)CC6)noc3C3CC3)C4)nc12. The molecule has 2 aromatic heterocycles. The number of benzene rings is 1. The summed E-state index contributed by atoms with van der Waals surface area (Å²) in [6.45, 7) is 1.92. The minimum atomic E-state index is -0.917. The van der Waals surface area contributed by atoms with Crippen LogP contribution in [0.5, 0.6) is 0 Å². The molecular weight excluding hydrogens is 526 g/mol. The van der Waals surface area contributed by atoms with E-state index in [1.165, 1.54) is 19.3 Å². The molecule has 40 heavy (non-hydrogen) atoms. The number of aryl methyl sites for hydroxylation is 1. The van der Waals surface area contributed by atoms with Gasteiger partial charge in [0.1, 0.15) is 17.4 Å². The summed E-state index contributed by atoms with van der Waals surface area (Å²) in [5.41, 5.74) is 3.59. The molecule has 0 radical (unpaired) electrons. The number of rotatable bonds is 6. The summed E-state index contributed by atoms with van der Waals surface area (Å²) in [6.07, 6.45) is 12.6. The van der Waals surface area contributed by atoms with Crippen LogP contribution < -0.4 is 4.90 Å². The van der Waals surface area contributed by atoms with E-state index in [-0.39, 0.29) is 29.6 Å². The van der Waals surface area contributed by atoms with E-state index in [1.807, 2.05) is 6.92 Å². The van der Waals surface area contributed by atoms with Crippen LogP contribution in [0.4, 0.5) is 5.13 Å². The third-order valence-electron chi connectivity index (χ3n) is 10.6. The Hall–Kier alpha value is -2.94. The first-order chi connectivity index (χ1) is 19.4. The van der Waals surface area contributed by atoms with Gasteiger partial charge in [-0.25, -0.2) is 14.6 Å². The molecule has 0 amide bonds. The topological polar surface area (TPSA) is 106 Å². The first-order valence-electron chi connectivity index (χ1n) is 15.0. The number of fused-ring (bicyclic) bond motifs is 6. The molecular formula is C31H35N3O5S. The second-order valence-electron chi connectivity index (χ2n) is 13.0. The molecule has 9 heteroatoms. The van der Waals surface area contributed by atoms with Crippen LogP contribution in [0.3, 0.4) is 0 Å².